The molecule has 0 spiro atoms. The van der Waals surface area contributed by atoms with Crippen molar-refractivity contribution in [3.63, 3.8) is 0 Å². The minimum absolute atomic E-state index is 0.00414. The minimum atomic E-state index is -1.24. The summed E-state index contributed by atoms with van der Waals surface area (Å²) in [5.74, 6) is -4.10. The Kier molecular flexibility index (Phi) is 20.1. The molecule has 0 saturated carbocycles. The van der Waals surface area contributed by atoms with Gasteiger partial charge in [-0.15, -0.1) is 0 Å². The SMILES string of the molecule is CC[C@@H](C)[C@@H](NC(=O)[C@@H](Cc1c[nH]c2ccccc12)NC(=O)[C@H](N)CCCN=C(N)N)C(=O)N[C@H](CCSC)C(=O)N[C@H](Cc1ccc(O)cc1)C(=O)N[C@H](Cc1ccccc1)C(N)=O. The van der Waals surface area contributed by atoms with Gasteiger partial charge in [-0.2, -0.15) is 11.8 Å². The normalized spacial score (nSPS) is 14.3. The van der Waals surface area contributed by atoms with Gasteiger partial charge in [0.2, 0.25) is 35.4 Å². The molecule has 350 valence electrons. The number of nitrogens with two attached hydrogens (primary N) is 4. The summed E-state index contributed by atoms with van der Waals surface area (Å²) in [6.45, 7) is 3.90. The van der Waals surface area contributed by atoms with Crippen molar-refractivity contribution >= 4 is 64.1 Å². The maximum atomic E-state index is 14.3. The predicted molar refractivity (Wildman–Crippen MR) is 253 cm³/mol. The number of para-hydroxylation sites is 1. The minimum Gasteiger partial charge on any atom is -0.508 e. The Labute approximate surface area is 383 Å². The summed E-state index contributed by atoms with van der Waals surface area (Å²) >= 11 is 1.44. The molecule has 0 fully saturated rings. The highest BCUT2D eigenvalue weighted by atomic mass is 32.2. The zero-order valence-corrected chi connectivity index (χ0v) is 37.9. The second-order valence-corrected chi connectivity index (χ2v) is 17.0. The van der Waals surface area contributed by atoms with Gasteiger partial charge < -0.3 is 59.6 Å². The van der Waals surface area contributed by atoms with E-state index in [1.54, 1.807) is 49.5 Å². The zero-order valence-electron chi connectivity index (χ0n) is 37.0. The second-order valence-electron chi connectivity index (χ2n) is 16.0. The van der Waals surface area contributed by atoms with Crippen LogP contribution in [0.2, 0.25) is 0 Å². The highest BCUT2D eigenvalue weighted by Gasteiger charge is 2.35. The van der Waals surface area contributed by atoms with E-state index in [0.29, 0.717) is 24.2 Å². The highest BCUT2D eigenvalue weighted by Crippen LogP contribution is 2.20. The van der Waals surface area contributed by atoms with Crippen molar-refractivity contribution in [1.82, 2.24) is 31.6 Å². The monoisotopic (exact) mass is 913 g/mol. The number of benzene rings is 3. The molecular formula is C46H63N11O7S. The van der Waals surface area contributed by atoms with Crippen LogP contribution >= 0.6 is 11.8 Å². The number of hydrogen-bond donors (Lipinski definition) is 11. The van der Waals surface area contributed by atoms with Gasteiger partial charge in [-0.05, 0) is 72.1 Å². The van der Waals surface area contributed by atoms with Gasteiger partial charge in [0.15, 0.2) is 5.96 Å². The van der Waals surface area contributed by atoms with Crippen molar-refractivity contribution < 1.29 is 33.9 Å². The first-order valence-corrected chi connectivity index (χ1v) is 23.0. The third-order valence-corrected chi connectivity index (χ3v) is 11.7. The Balaban J connectivity index is 1.57. The fraction of sp³-hybridized carbons (Fsp3) is 0.413. The number of H-pyrrole nitrogens is 1. The van der Waals surface area contributed by atoms with Gasteiger partial charge in [-0.1, -0.05) is 80.9 Å². The molecule has 0 aliphatic heterocycles. The molecule has 15 N–H and O–H groups in total. The molecule has 0 unspecified atom stereocenters. The van der Waals surface area contributed by atoms with Crippen molar-refractivity contribution in [1.29, 1.82) is 0 Å². The molecule has 3 aromatic carbocycles. The summed E-state index contributed by atoms with van der Waals surface area (Å²) in [6.07, 6.45) is 4.99. The van der Waals surface area contributed by atoms with Crippen LogP contribution in [0, 0.1) is 5.92 Å². The molecule has 4 aromatic rings. The Hall–Kier alpha value is -6.60. The van der Waals surface area contributed by atoms with Gasteiger partial charge in [0.25, 0.3) is 0 Å². The summed E-state index contributed by atoms with van der Waals surface area (Å²) in [4.78, 5) is 89.9. The number of rotatable bonds is 26. The Morgan fingerprint density at radius 2 is 1.26 bits per heavy atom. The third kappa shape index (κ3) is 16.2. The van der Waals surface area contributed by atoms with Crippen LogP contribution < -0.4 is 49.5 Å². The number of carbonyl (C=O) groups is 6. The topological polar surface area (TPSA) is 315 Å². The highest BCUT2D eigenvalue weighted by molar-refractivity contribution is 7.98. The number of aromatic hydroxyl groups is 1. The number of fused-ring (bicyclic) bond motifs is 1. The molecule has 65 heavy (non-hydrogen) atoms. The third-order valence-electron chi connectivity index (χ3n) is 11.0. The molecular weight excluding hydrogens is 851 g/mol. The predicted octanol–water partition coefficient (Wildman–Crippen LogP) is 0.991. The maximum absolute atomic E-state index is 14.3. The van der Waals surface area contributed by atoms with Crippen LogP contribution in [0.15, 0.2) is 90.1 Å². The van der Waals surface area contributed by atoms with Gasteiger partial charge in [0, 0.05) is 42.9 Å². The van der Waals surface area contributed by atoms with E-state index in [0.717, 1.165) is 22.0 Å². The van der Waals surface area contributed by atoms with Crippen LogP contribution in [-0.2, 0) is 48.0 Å². The van der Waals surface area contributed by atoms with Crippen LogP contribution in [0.3, 0.4) is 0 Å². The van der Waals surface area contributed by atoms with E-state index < -0.39 is 77.6 Å². The van der Waals surface area contributed by atoms with E-state index in [9.17, 15) is 33.9 Å². The number of primary amides is 1. The molecule has 1 heterocycles. The second kappa shape index (κ2) is 25.6. The van der Waals surface area contributed by atoms with Gasteiger partial charge in [-0.3, -0.25) is 33.8 Å². The molecule has 0 radical (unpaired) electrons. The lowest BCUT2D eigenvalue weighted by atomic mass is 9.96. The van der Waals surface area contributed by atoms with Gasteiger partial charge in [-0.25, -0.2) is 0 Å². The molecule has 7 atom stereocenters. The first-order valence-electron chi connectivity index (χ1n) is 21.6. The Bertz CT molecular complexity index is 2230. The number of nitrogens with zero attached hydrogens (tertiary/aromatic N) is 1. The van der Waals surface area contributed by atoms with E-state index >= 15 is 0 Å². The number of aliphatic imine (C=N–C) groups is 1. The summed E-state index contributed by atoms with van der Waals surface area (Å²) in [5.41, 5.74) is 25.7. The van der Waals surface area contributed by atoms with Gasteiger partial charge in [0.05, 0.1) is 6.04 Å². The standard InChI is InChI=1S/C46H63N11O7S/c1-4-27(2)39(57-44(63)38(25-30-26-52-34-15-9-8-13-32(30)34)55-41(60)33(47)14-10-21-51-46(49)50)45(64)53-35(20-22-65-3)42(61)56-37(24-29-16-18-31(58)19-17-29)43(62)54-36(40(48)59)23-28-11-6-5-7-12-28/h5-9,11-13,15-19,26-27,33,35-39,52,58H,4,10,14,20-25,47H2,1-3H3,(H2,48,59)(H,53,64)(H,54,62)(H,55,60)(H,56,61)(H,57,63)(H4,49,50,51)/t27-,33-,35-,36-,37-,38-,39-/m1/s1. The van der Waals surface area contributed by atoms with Crippen molar-refractivity contribution in [2.75, 3.05) is 18.6 Å². The fourth-order valence-electron chi connectivity index (χ4n) is 7.07. The number of aromatic amines is 1. The first kappa shape index (κ1) is 51.0. The number of aromatic nitrogens is 1. The van der Waals surface area contributed by atoms with Crippen LogP contribution in [0.4, 0.5) is 0 Å². The average Bonchev–Trinajstić information content (AvgIpc) is 3.70. The summed E-state index contributed by atoms with van der Waals surface area (Å²) in [5, 5.41) is 24.7. The summed E-state index contributed by atoms with van der Waals surface area (Å²) in [7, 11) is 0. The maximum Gasteiger partial charge on any atom is 0.243 e. The van der Waals surface area contributed by atoms with E-state index in [1.807, 2.05) is 43.5 Å². The molecule has 0 aliphatic rings. The molecule has 0 aliphatic carbocycles. The molecule has 0 saturated heterocycles. The smallest absolute Gasteiger partial charge is 0.243 e. The van der Waals surface area contributed by atoms with Crippen molar-refractivity contribution in [2.45, 2.75) is 95.0 Å². The number of amides is 6. The lowest BCUT2D eigenvalue weighted by molar-refractivity contribution is -0.135. The lowest BCUT2D eigenvalue weighted by Crippen LogP contribution is -2.61. The molecule has 6 amide bonds. The van der Waals surface area contributed by atoms with E-state index in [2.05, 4.69) is 36.6 Å². The molecule has 0 bridgehead atoms. The van der Waals surface area contributed by atoms with Crippen molar-refractivity contribution in [2.24, 2.45) is 33.8 Å². The van der Waals surface area contributed by atoms with E-state index in [-0.39, 0.29) is 50.4 Å². The van der Waals surface area contributed by atoms with E-state index in [1.165, 1.54) is 23.9 Å². The number of phenols is 1. The largest absolute Gasteiger partial charge is 0.508 e. The van der Waals surface area contributed by atoms with E-state index in [4.69, 9.17) is 22.9 Å². The van der Waals surface area contributed by atoms with Gasteiger partial charge >= 0.3 is 0 Å². The molecule has 19 heteroatoms. The van der Waals surface area contributed by atoms with Crippen LogP contribution in [0.25, 0.3) is 10.9 Å². The van der Waals surface area contributed by atoms with Gasteiger partial charge in [0.1, 0.15) is 36.0 Å². The summed E-state index contributed by atoms with van der Waals surface area (Å²) < 4.78 is 0. The molecule has 4 rings (SSSR count). The van der Waals surface area contributed by atoms with Crippen LogP contribution in [0.1, 0.15) is 56.2 Å². The Morgan fingerprint density at radius 1 is 0.692 bits per heavy atom. The van der Waals surface area contributed by atoms with Crippen molar-refractivity contribution in [3.05, 3.63) is 102 Å². The molecule has 1 aromatic heterocycles. The number of guanidine groups is 1. The molecule has 18 nitrogen and oxygen atoms in total. The number of carbonyl (C=O) groups excluding carboxylic acids is 6. The lowest BCUT2D eigenvalue weighted by Gasteiger charge is -2.29. The average molecular weight is 914 g/mol. The number of thioether (sulfide) groups is 1. The number of nitrogens with one attached hydrogen (secondary N) is 6. The fourth-order valence-corrected chi connectivity index (χ4v) is 7.55. The number of hydrogen-bond acceptors (Lipinski definition) is 10. The van der Waals surface area contributed by atoms with Crippen LogP contribution in [0.5, 0.6) is 5.75 Å². The first-order chi connectivity index (χ1) is 31.1. The van der Waals surface area contributed by atoms with Crippen molar-refractivity contribution in [3.8, 4) is 5.75 Å². The Morgan fingerprint density at radius 3 is 1.92 bits per heavy atom. The number of phenolic OH excluding ortho intramolecular Hbond substituents is 1. The quantitative estimate of drug-likeness (QED) is 0.0240. The van der Waals surface area contributed by atoms with Crippen LogP contribution in [-0.4, -0.2) is 106 Å². The summed E-state index contributed by atoms with van der Waals surface area (Å²) in [6, 6.07) is 15.8. The zero-order chi connectivity index (χ0) is 47.5.